The molecule has 1 aliphatic carbocycles. The number of rotatable bonds is 2. The van der Waals surface area contributed by atoms with Crippen LogP contribution in [-0.2, 0) is 6.42 Å². The number of nitrogens with one attached hydrogen (secondary N) is 1. The summed E-state index contributed by atoms with van der Waals surface area (Å²) in [5, 5.41) is 12.9. The monoisotopic (exact) mass is 245 g/mol. The van der Waals surface area contributed by atoms with Crippen molar-refractivity contribution in [2.24, 2.45) is 0 Å². The van der Waals surface area contributed by atoms with Crippen molar-refractivity contribution in [3.05, 3.63) is 47.7 Å². The van der Waals surface area contributed by atoms with Gasteiger partial charge < -0.3 is 10.4 Å². The van der Waals surface area contributed by atoms with Crippen LogP contribution < -0.4 is 5.32 Å². The molecule has 0 radical (unpaired) electrons. The molecule has 1 aromatic heterocycles. The summed E-state index contributed by atoms with van der Waals surface area (Å²) in [6, 6.07) is 6.07. The second-order valence-electron chi connectivity index (χ2n) is 4.27. The van der Waals surface area contributed by atoms with Gasteiger partial charge >= 0.3 is 0 Å². The molecule has 5 heteroatoms. The van der Waals surface area contributed by atoms with Crippen LogP contribution in [0.5, 0.6) is 0 Å². The van der Waals surface area contributed by atoms with Crippen LogP contribution in [0.25, 0.3) is 0 Å². The fraction of sp³-hybridized carbons (Fsp3) is 0.231. The van der Waals surface area contributed by atoms with E-state index in [-0.39, 0.29) is 5.82 Å². The Morgan fingerprint density at radius 2 is 2.00 bits per heavy atom. The maximum atomic E-state index is 12.8. The lowest BCUT2D eigenvalue weighted by atomic mass is 10.2. The predicted molar refractivity (Wildman–Crippen MR) is 65.0 cm³/mol. The van der Waals surface area contributed by atoms with Gasteiger partial charge in [-0.15, -0.1) is 0 Å². The molecule has 2 N–H and O–H groups in total. The van der Waals surface area contributed by atoms with E-state index in [0.717, 1.165) is 17.7 Å². The Labute approximate surface area is 104 Å². The molecule has 2 aromatic rings. The van der Waals surface area contributed by atoms with E-state index in [9.17, 15) is 9.50 Å². The lowest BCUT2D eigenvalue weighted by Gasteiger charge is -2.09. The number of anilines is 2. The highest BCUT2D eigenvalue weighted by Crippen LogP contribution is 2.33. The van der Waals surface area contributed by atoms with Gasteiger partial charge in [-0.1, -0.05) is 0 Å². The highest BCUT2D eigenvalue weighted by atomic mass is 19.1. The lowest BCUT2D eigenvalue weighted by Crippen LogP contribution is -2.01. The zero-order valence-corrected chi connectivity index (χ0v) is 9.60. The van der Waals surface area contributed by atoms with Gasteiger partial charge in [0, 0.05) is 11.3 Å². The summed E-state index contributed by atoms with van der Waals surface area (Å²) in [7, 11) is 0. The quantitative estimate of drug-likeness (QED) is 0.852. The fourth-order valence-corrected chi connectivity index (χ4v) is 2.16. The van der Waals surface area contributed by atoms with E-state index in [0.29, 0.717) is 17.9 Å². The van der Waals surface area contributed by atoms with Gasteiger partial charge in [-0.25, -0.2) is 14.4 Å². The van der Waals surface area contributed by atoms with E-state index in [1.54, 1.807) is 12.1 Å². The molecule has 0 bridgehead atoms. The highest BCUT2D eigenvalue weighted by molar-refractivity contribution is 5.60. The third-order valence-corrected chi connectivity index (χ3v) is 3.07. The topological polar surface area (TPSA) is 58.0 Å². The SMILES string of the molecule is OC1CCc2c(Nc3ccc(F)cc3)ncnc21. The van der Waals surface area contributed by atoms with Crippen molar-refractivity contribution < 1.29 is 9.50 Å². The van der Waals surface area contributed by atoms with E-state index in [4.69, 9.17) is 0 Å². The summed E-state index contributed by atoms with van der Waals surface area (Å²) in [6.45, 7) is 0. The van der Waals surface area contributed by atoms with E-state index in [1.807, 2.05) is 0 Å². The average Bonchev–Trinajstić information content (AvgIpc) is 2.76. The lowest BCUT2D eigenvalue weighted by molar-refractivity contribution is 0.175. The van der Waals surface area contributed by atoms with Crippen LogP contribution in [0.1, 0.15) is 23.8 Å². The molecule has 3 rings (SSSR count). The van der Waals surface area contributed by atoms with Crippen LogP contribution in [0.3, 0.4) is 0 Å². The average molecular weight is 245 g/mol. The molecule has 0 saturated heterocycles. The number of hydrogen-bond donors (Lipinski definition) is 2. The van der Waals surface area contributed by atoms with Crippen LogP contribution in [0.2, 0.25) is 0 Å². The zero-order valence-electron chi connectivity index (χ0n) is 9.60. The van der Waals surface area contributed by atoms with Gasteiger partial charge in [0.1, 0.15) is 18.0 Å². The number of benzene rings is 1. The van der Waals surface area contributed by atoms with Gasteiger partial charge in [0.25, 0.3) is 0 Å². The molecule has 1 aromatic carbocycles. The van der Waals surface area contributed by atoms with Crippen molar-refractivity contribution in [1.82, 2.24) is 9.97 Å². The van der Waals surface area contributed by atoms with Gasteiger partial charge in [0.2, 0.25) is 0 Å². The molecule has 0 aliphatic heterocycles. The maximum absolute atomic E-state index is 12.8. The van der Waals surface area contributed by atoms with Crippen LogP contribution in [-0.4, -0.2) is 15.1 Å². The van der Waals surface area contributed by atoms with Gasteiger partial charge in [-0.3, -0.25) is 0 Å². The van der Waals surface area contributed by atoms with E-state index in [2.05, 4.69) is 15.3 Å². The second-order valence-corrected chi connectivity index (χ2v) is 4.27. The normalized spacial score (nSPS) is 17.6. The Morgan fingerprint density at radius 1 is 1.22 bits per heavy atom. The second kappa shape index (κ2) is 4.34. The Kier molecular flexibility index (Phi) is 2.68. The minimum Gasteiger partial charge on any atom is -0.387 e. The van der Waals surface area contributed by atoms with Crippen LogP contribution in [0.4, 0.5) is 15.9 Å². The number of halogens is 1. The van der Waals surface area contributed by atoms with Gasteiger partial charge in [0.05, 0.1) is 11.8 Å². The number of nitrogens with zero attached hydrogens (tertiary/aromatic N) is 2. The Hall–Kier alpha value is -2.01. The van der Waals surface area contributed by atoms with Crippen molar-refractivity contribution in [1.29, 1.82) is 0 Å². The summed E-state index contributed by atoms with van der Waals surface area (Å²) in [4.78, 5) is 8.27. The molecule has 0 amide bonds. The molecule has 1 unspecified atom stereocenters. The number of aromatic nitrogens is 2. The Morgan fingerprint density at radius 3 is 2.78 bits per heavy atom. The summed E-state index contributed by atoms with van der Waals surface area (Å²) in [5.74, 6) is 0.409. The molecule has 4 nitrogen and oxygen atoms in total. The van der Waals surface area contributed by atoms with Crippen LogP contribution in [0.15, 0.2) is 30.6 Å². The van der Waals surface area contributed by atoms with Crippen molar-refractivity contribution in [3.8, 4) is 0 Å². The highest BCUT2D eigenvalue weighted by Gasteiger charge is 2.24. The Bertz CT molecular complexity index is 571. The van der Waals surface area contributed by atoms with Crippen molar-refractivity contribution in [2.45, 2.75) is 18.9 Å². The molecule has 1 heterocycles. The number of fused-ring (bicyclic) bond motifs is 1. The molecule has 0 saturated carbocycles. The molecule has 1 aliphatic rings. The van der Waals surface area contributed by atoms with Gasteiger partial charge in [-0.05, 0) is 37.1 Å². The van der Waals surface area contributed by atoms with E-state index >= 15 is 0 Å². The number of hydrogen-bond acceptors (Lipinski definition) is 4. The fourth-order valence-electron chi connectivity index (χ4n) is 2.16. The van der Waals surface area contributed by atoms with Crippen molar-refractivity contribution >= 4 is 11.5 Å². The minimum atomic E-state index is -0.503. The van der Waals surface area contributed by atoms with E-state index in [1.165, 1.54) is 18.5 Å². The van der Waals surface area contributed by atoms with Gasteiger partial charge in [-0.2, -0.15) is 0 Å². The first-order valence-electron chi connectivity index (χ1n) is 5.78. The zero-order chi connectivity index (χ0) is 12.5. The molecule has 18 heavy (non-hydrogen) atoms. The van der Waals surface area contributed by atoms with Crippen LogP contribution in [0, 0.1) is 5.82 Å². The summed E-state index contributed by atoms with van der Waals surface area (Å²) < 4.78 is 12.8. The third-order valence-electron chi connectivity index (χ3n) is 3.07. The van der Waals surface area contributed by atoms with E-state index < -0.39 is 6.10 Å². The van der Waals surface area contributed by atoms with Crippen molar-refractivity contribution in [2.75, 3.05) is 5.32 Å². The van der Waals surface area contributed by atoms with Crippen LogP contribution >= 0.6 is 0 Å². The first-order valence-corrected chi connectivity index (χ1v) is 5.78. The predicted octanol–water partition coefficient (Wildman–Crippen LogP) is 2.34. The minimum absolute atomic E-state index is 0.274. The largest absolute Gasteiger partial charge is 0.387 e. The number of aliphatic hydroxyl groups excluding tert-OH is 1. The molecular formula is C13H12FN3O. The molecule has 92 valence electrons. The summed E-state index contributed by atoms with van der Waals surface area (Å²) in [5.41, 5.74) is 2.39. The first-order chi connectivity index (χ1) is 8.74. The molecule has 1 atom stereocenters. The molecule has 0 fully saturated rings. The third kappa shape index (κ3) is 1.93. The van der Waals surface area contributed by atoms with Crippen molar-refractivity contribution in [3.63, 3.8) is 0 Å². The number of aliphatic hydroxyl groups is 1. The smallest absolute Gasteiger partial charge is 0.137 e. The molecular weight excluding hydrogens is 233 g/mol. The standard InChI is InChI=1S/C13H12FN3O/c14-8-1-3-9(4-2-8)17-13-10-5-6-11(18)12(10)15-7-16-13/h1-4,7,11,18H,5-6H2,(H,15,16,17). The van der Waals surface area contributed by atoms with Gasteiger partial charge in [0.15, 0.2) is 0 Å². The summed E-state index contributed by atoms with van der Waals surface area (Å²) >= 11 is 0. The first kappa shape index (κ1) is 11.1. The maximum Gasteiger partial charge on any atom is 0.137 e. The summed E-state index contributed by atoms with van der Waals surface area (Å²) in [6.07, 6.45) is 2.35. The molecule has 0 spiro atoms. The Balaban J connectivity index is 1.92.